The van der Waals surface area contributed by atoms with E-state index in [4.69, 9.17) is 16.1 Å². The fourth-order valence-corrected chi connectivity index (χ4v) is 3.55. The number of benzene rings is 2. The number of nitrogens with one attached hydrogen (secondary N) is 1. The van der Waals surface area contributed by atoms with Crippen molar-refractivity contribution in [1.29, 1.82) is 0 Å². The van der Waals surface area contributed by atoms with Crippen molar-refractivity contribution >= 4 is 28.4 Å². The fraction of sp³-hybridized carbons (Fsp3) is 0.227. The highest BCUT2D eigenvalue weighted by Crippen LogP contribution is 2.29. The second-order valence-electron chi connectivity index (χ2n) is 7.29. The standard InChI is InChI=1S/C22H20ClFN4O2/c1-12-4-7-18-15(10-12)13(2)20(25-18)21-26-19(27-30-21)8-9-28(3)22(29)16-11-14(24)5-6-17(16)23/h4-7,10-11,25H,8-9H2,1-3H3. The molecule has 8 heteroatoms. The predicted octanol–water partition coefficient (Wildman–Crippen LogP) is 4.94. The van der Waals surface area contributed by atoms with Gasteiger partial charge in [-0.2, -0.15) is 4.98 Å². The molecule has 0 spiro atoms. The molecule has 0 bridgehead atoms. The van der Waals surface area contributed by atoms with Crippen LogP contribution in [0.1, 0.15) is 27.3 Å². The molecule has 0 saturated heterocycles. The summed E-state index contributed by atoms with van der Waals surface area (Å²) < 4.78 is 18.9. The lowest BCUT2D eigenvalue weighted by Gasteiger charge is -2.17. The molecule has 4 aromatic rings. The van der Waals surface area contributed by atoms with Gasteiger partial charge in [0.2, 0.25) is 0 Å². The zero-order chi connectivity index (χ0) is 21.4. The van der Waals surface area contributed by atoms with E-state index in [-0.39, 0.29) is 16.5 Å². The minimum Gasteiger partial charge on any atom is -0.350 e. The molecule has 2 heterocycles. The second-order valence-corrected chi connectivity index (χ2v) is 7.70. The Bertz CT molecular complexity index is 1250. The van der Waals surface area contributed by atoms with E-state index < -0.39 is 5.82 Å². The number of amides is 1. The molecule has 0 aliphatic rings. The minimum absolute atomic E-state index is 0.122. The topological polar surface area (TPSA) is 75.0 Å². The van der Waals surface area contributed by atoms with E-state index in [1.807, 2.05) is 26.0 Å². The quantitative estimate of drug-likeness (QED) is 0.490. The molecule has 2 aromatic heterocycles. The molecule has 0 saturated carbocycles. The largest absolute Gasteiger partial charge is 0.350 e. The monoisotopic (exact) mass is 426 g/mol. The van der Waals surface area contributed by atoms with Crippen LogP contribution in [0.15, 0.2) is 40.9 Å². The number of aromatic nitrogens is 3. The van der Waals surface area contributed by atoms with Crippen LogP contribution < -0.4 is 0 Å². The van der Waals surface area contributed by atoms with Crippen molar-refractivity contribution in [3.8, 4) is 11.6 Å². The molecular weight excluding hydrogens is 407 g/mol. The number of hydrogen-bond donors (Lipinski definition) is 1. The zero-order valence-electron chi connectivity index (χ0n) is 16.8. The van der Waals surface area contributed by atoms with E-state index in [0.717, 1.165) is 28.2 Å². The van der Waals surface area contributed by atoms with E-state index in [2.05, 4.69) is 21.2 Å². The molecule has 0 atom stereocenters. The normalized spacial score (nSPS) is 11.2. The summed E-state index contributed by atoms with van der Waals surface area (Å²) in [6.45, 7) is 4.38. The Kier molecular flexibility index (Phi) is 5.30. The van der Waals surface area contributed by atoms with Gasteiger partial charge in [-0.25, -0.2) is 4.39 Å². The maximum absolute atomic E-state index is 13.5. The summed E-state index contributed by atoms with van der Waals surface area (Å²) in [5, 5.41) is 5.35. The number of fused-ring (bicyclic) bond motifs is 1. The maximum Gasteiger partial charge on any atom is 0.274 e. The van der Waals surface area contributed by atoms with Crippen molar-refractivity contribution in [2.24, 2.45) is 0 Å². The molecule has 2 aromatic carbocycles. The smallest absolute Gasteiger partial charge is 0.274 e. The molecule has 30 heavy (non-hydrogen) atoms. The SMILES string of the molecule is Cc1ccc2[nH]c(-c3nc(CCN(C)C(=O)c4cc(F)ccc4Cl)no3)c(C)c2c1. The number of carbonyl (C=O) groups is 1. The number of H-pyrrole nitrogens is 1. The van der Waals surface area contributed by atoms with E-state index in [9.17, 15) is 9.18 Å². The van der Waals surface area contributed by atoms with Crippen molar-refractivity contribution in [2.45, 2.75) is 20.3 Å². The van der Waals surface area contributed by atoms with Crippen LogP contribution in [0.25, 0.3) is 22.5 Å². The van der Waals surface area contributed by atoms with Gasteiger partial charge >= 0.3 is 0 Å². The molecule has 4 rings (SSSR count). The number of rotatable bonds is 5. The Morgan fingerprint density at radius 2 is 2.03 bits per heavy atom. The lowest BCUT2D eigenvalue weighted by molar-refractivity contribution is 0.0795. The van der Waals surface area contributed by atoms with Gasteiger partial charge in [-0.15, -0.1) is 0 Å². The molecule has 1 N–H and O–H groups in total. The zero-order valence-corrected chi connectivity index (χ0v) is 17.5. The van der Waals surface area contributed by atoms with Gasteiger partial charge in [-0.3, -0.25) is 4.79 Å². The molecule has 0 aliphatic heterocycles. The Morgan fingerprint density at radius 3 is 2.83 bits per heavy atom. The van der Waals surface area contributed by atoms with Crippen LogP contribution in [0, 0.1) is 19.7 Å². The summed E-state index contributed by atoms with van der Waals surface area (Å²) in [7, 11) is 1.62. The van der Waals surface area contributed by atoms with Gasteiger partial charge in [0.15, 0.2) is 5.82 Å². The van der Waals surface area contributed by atoms with Gasteiger partial charge in [-0.1, -0.05) is 28.4 Å². The van der Waals surface area contributed by atoms with Gasteiger partial charge in [0.1, 0.15) is 11.5 Å². The molecular formula is C22H20ClFN4O2. The lowest BCUT2D eigenvalue weighted by atomic mass is 10.1. The average Bonchev–Trinajstić information content (AvgIpc) is 3.32. The first-order valence-electron chi connectivity index (χ1n) is 9.46. The predicted molar refractivity (Wildman–Crippen MR) is 113 cm³/mol. The molecule has 0 fully saturated rings. The summed E-state index contributed by atoms with van der Waals surface area (Å²) in [5.74, 6) is -0.00404. The van der Waals surface area contributed by atoms with Crippen LogP contribution in [0.5, 0.6) is 0 Å². The number of halogens is 2. The van der Waals surface area contributed by atoms with Crippen LogP contribution in [0.4, 0.5) is 4.39 Å². The van der Waals surface area contributed by atoms with Crippen LogP contribution in [-0.2, 0) is 6.42 Å². The van der Waals surface area contributed by atoms with Crippen LogP contribution in [0.3, 0.4) is 0 Å². The van der Waals surface area contributed by atoms with Crippen molar-refractivity contribution in [2.75, 3.05) is 13.6 Å². The van der Waals surface area contributed by atoms with Gasteiger partial charge in [-0.05, 0) is 49.7 Å². The third kappa shape index (κ3) is 3.80. The number of nitrogens with zero attached hydrogens (tertiary/aromatic N) is 3. The maximum atomic E-state index is 13.5. The number of aromatic amines is 1. The minimum atomic E-state index is -0.511. The molecule has 6 nitrogen and oxygen atoms in total. The molecule has 154 valence electrons. The highest BCUT2D eigenvalue weighted by molar-refractivity contribution is 6.33. The summed E-state index contributed by atoms with van der Waals surface area (Å²) in [4.78, 5) is 21.8. The summed E-state index contributed by atoms with van der Waals surface area (Å²) in [6.07, 6.45) is 0.386. The number of likely N-dealkylation sites (N-methyl/N-ethyl adjacent to an activating group) is 1. The molecule has 0 radical (unpaired) electrons. The Hall–Kier alpha value is -3.19. The van der Waals surface area contributed by atoms with Crippen molar-refractivity contribution in [1.82, 2.24) is 20.0 Å². The van der Waals surface area contributed by atoms with E-state index in [0.29, 0.717) is 24.7 Å². The Balaban J connectivity index is 1.48. The van der Waals surface area contributed by atoms with Crippen LogP contribution >= 0.6 is 11.6 Å². The van der Waals surface area contributed by atoms with Crippen LogP contribution in [0.2, 0.25) is 5.02 Å². The Morgan fingerprint density at radius 1 is 1.23 bits per heavy atom. The fourth-order valence-electron chi connectivity index (χ4n) is 3.35. The van der Waals surface area contributed by atoms with E-state index in [1.165, 1.54) is 22.6 Å². The summed E-state index contributed by atoms with van der Waals surface area (Å²) in [6, 6.07) is 9.89. The third-order valence-electron chi connectivity index (χ3n) is 5.07. The van der Waals surface area contributed by atoms with E-state index >= 15 is 0 Å². The van der Waals surface area contributed by atoms with Gasteiger partial charge in [0.05, 0.1) is 10.6 Å². The number of aryl methyl sites for hydroxylation is 2. The van der Waals surface area contributed by atoms with Crippen molar-refractivity contribution in [3.63, 3.8) is 0 Å². The molecule has 0 aliphatic carbocycles. The second kappa shape index (κ2) is 7.91. The first-order chi connectivity index (χ1) is 14.3. The lowest BCUT2D eigenvalue weighted by Crippen LogP contribution is -2.29. The van der Waals surface area contributed by atoms with E-state index in [1.54, 1.807) is 7.05 Å². The third-order valence-corrected chi connectivity index (χ3v) is 5.40. The first-order valence-corrected chi connectivity index (χ1v) is 9.83. The highest BCUT2D eigenvalue weighted by atomic mass is 35.5. The summed E-state index contributed by atoms with van der Waals surface area (Å²) in [5.41, 5.74) is 4.12. The first kappa shape index (κ1) is 20.1. The summed E-state index contributed by atoms with van der Waals surface area (Å²) >= 11 is 6.02. The highest BCUT2D eigenvalue weighted by Gasteiger charge is 2.19. The van der Waals surface area contributed by atoms with Gasteiger partial charge in [0, 0.05) is 30.9 Å². The Labute approximate surface area is 177 Å². The van der Waals surface area contributed by atoms with Crippen molar-refractivity contribution in [3.05, 3.63) is 69.8 Å². The molecule has 1 amide bonds. The van der Waals surface area contributed by atoms with Crippen molar-refractivity contribution < 1.29 is 13.7 Å². The average molecular weight is 427 g/mol. The number of carbonyl (C=O) groups excluding carboxylic acids is 1. The van der Waals surface area contributed by atoms with Gasteiger partial charge < -0.3 is 14.4 Å². The number of hydrogen-bond acceptors (Lipinski definition) is 4. The van der Waals surface area contributed by atoms with Gasteiger partial charge in [0.25, 0.3) is 11.8 Å². The molecule has 0 unspecified atom stereocenters. The van der Waals surface area contributed by atoms with Crippen LogP contribution in [-0.4, -0.2) is 39.5 Å².